The second kappa shape index (κ2) is 5.98. The smallest absolute Gasteiger partial charge is 0.225 e. The predicted octanol–water partition coefficient (Wildman–Crippen LogP) is 2.58. The molecule has 0 fully saturated rings. The Kier molecular flexibility index (Phi) is 5.16. The highest BCUT2D eigenvalue weighted by Gasteiger charge is 2.22. The summed E-state index contributed by atoms with van der Waals surface area (Å²) in [7, 11) is 0. The quantitative estimate of drug-likeness (QED) is 0.896. The van der Waals surface area contributed by atoms with E-state index >= 15 is 0 Å². The summed E-state index contributed by atoms with van der Waals surface area (Å²) < 4.78 is 1.02. The minimum atomic E-state index is -0.526. The number of hydrogen-bond donors (Lipinski definition) is 2. The fraction of sp³-hybridized carbons (Fsp3) is 0.583. The van der Waals surface area contributed by atoms with E-state index in [1.54, 1.807) is 11.3 Å². The van der Waals surface area contributed by atoms with Gasteiger partial charge in [-0.25, -0.2) is 0 Å². The van der Waals surface area contributed by atoms with Crippen LogP contribution < -0.4 is 5.32 Å². The van der Waals surface area contributed by atoms with E-state index in [0.717, 1.165) is 8.66 Å². The molecule has 3 nitrogen and oxygen atoms in total. The van der Waals surface area contributed by atoms with Gasteiger partial charge in [0.15, 0.2) is 0 Å². The number of hydrogen-bond acceptors (Lipinski definition) is 3. The first kappa shape index (κ1) is 14.7. The SMILES string of the molecule is CC(C)(C)C(O)CNC(=O)Cc1ccc(Br)s1. The van der Waals surface area contributed by atoms with Gasteiger partial charge in [0.05, 0.1) is 16.3 Å². The summed E-state index contributed by atoms with van der Waals surface area (Å²) >= 11 is 4.91. The summed E-state index contributed by atoms with van der Waals surface area (Å²) in [6.07, 6.45) is -0.158. The molecule has 2 N–H and O–H groups in total. The van der Waals surface area contributed by atoms with E-state index in [9.17, 15) is 9.90 Å². The van der Waals surface area contributed by atoms with Crippen molar-refractivity contribution in [3.8, 4) is 0 Å². The Morgan fingerprint density at radius 1 is 1.53 bits per heavy atom. The number of thiophene rings is 1. The Bertz CT molecular complexity index is 384. The number of amides is 1. The molecule has 17 heavy (non-hydrogen) atoms. The van der Waals surface area contributed by atoms with Crippen molar-refractivity contribution in [3.05, 3.63) is 20.8 Å². The summed E-state index contributed by atoms with van der Waals surface area (Å²) in [6.45, 7) is 6.13. The second-order valence-corrected chi connectivity index (χ2v) is 7.62. The molecule has 0 aromatic carbocycles. The molecule has 0 aliphatic rings. The Morgan fingerprint density at radius 3 is 2.65 bits per heavy atom. The van der Waals surface area contributed by atoms with E-state index in [-0.39, 0.29) is 11.3 Å². The van der Waals surface area contributed by atoms with Crippen LogP contribution in [0.1, 0.15) is 25.6 Å². The second-order valence-electron chi connectivity index (χ2n) is 5.07. The van der Waals surface area contributed by atoms with Crippen LogP contribution in [0.2, 0.25) is 0 Å². The Hall–Kier alpha value is -0.390. The lowest BCUT2D eigenvalue weighted by Gasteiger charge is -2.25. The van der Waals surface area contributed by atoms with Crippen LogP contribution in [0.25, 0.3) is 0 Å². The van der Waals surface area contributed by atoms with Crippen LogP contribution >= 0.6 is 27.3 Å². The molecule has 1 rings (SSSR count). The standard InChI is InChI=1S/C12H18BrNO2S/c1-12(2,3)9(15)7-14-11(16)6-8-4-5-10(13)17-8/h4-5,9,15H,6-7H2,1-3H3,(H,14,16). The average Bonchev–Trinajstić information content (AvgIpc) is 2.58. The number of rotatable bonds is 4. The zero-order chi connectivity index (χ0) is 13.1. The van der Waals surface area contributed by atoms with Crippen LogP contribution in [0.3, 0.4) is 0 Å². The van der Waals surface area contributed by atoms with Crippen molar-refractivity contribution in [3.63, 3.8) is 0 Å². The molecule has 5 heteroatoms. The molecule has 1 amide bonds. The van der Waals surface area contributed by atoms with Crippen molar-refractivity contribution in [2.24, 2.45) is 5.41 Å². The van der Waals surface area contributed by atoms with Gasteiger partial charge in [0.25, 0.3) is 0 Å². The molecule has 0 saturated carbocycles. The fourth-order valence-electron chi connectivity index (χ4n) is 1.18. The fourth-order valence-corrected chi connectivity index (χ4v) is 2.67. The third-order valence-electron chi connectivity index (χ3n) is 2.46. The van der Waals surface area contributed by atoms with Gasteiger partial charge in [-0.1, -0.05) is 20.8 Å². The zero-order valence-electron chi connectivity index (χ0n) is 10.3. The molecule has 0 saturated heterocycles. The van der Waals surface area contributed by atoms with E-state index in [2.05, 4.69) is 21.2 Å². The molecule has 1 aromatic heterocycles. The first-order chi connectivity index (χ1) is 7.79. The molecule has 96 valence electrons. The van der Waals surface area contributed by atoms with E-state index < -0.39 is 6.10 Å². The highest BCUT2D eigenvalue weighted by Crippen LogP contribution is 2.22. The van der Waals surface area contributed by atoms with Crippen LogP contribution in [0.4, 0.5) is 0 Å². The van der Waals surface area contributed by atoms with Crippen LogP contribution in [0.5, 0.6) is 0 Å². The number of aliphatic hydroxyl groups excluding tert-OH is 1. The Morgan fingerprint density at radius 2 is 2.18 bits per heavy atom. The highest BCUT2D eigenvalue weighted by atomic mass is 79.9. The van der Waals surface area contributed by atoms with Crippen molar-refractivity contribution in [2.45, 2.75) is 33.3 Å². The monoisotopic (exact) mass is 319 g/mol. The van der Waals surface area contributed by atoms with E-state index in [1.165, 1.54) is 0 Å². The topological polar surface area (TPSA) is 49.3 Å². The van der Waals surface area contributed by atoms with Crippen molar-refractivity contribution in [1.29, 1.82) is 0 Å². The van der Waals surface area contributed by atoms with Crippen molar-refractivity contribution < 1.29 is 9.90 Å². The number of aliphatic hydroxyl groups is 1. The maximum absolute atomic E-state index is 11.6. The summed E-state index contributed by atoms with van der Waals surface area (Å²) in [6, 6.07) is 3.85. The largest absolute Gasteiger partial charge is 0.391 e. The van der Waals surface area contributed by atoms with Crippen molar-refractivity contribution in [1.82, 2.24) is 5.32 Å². The molecule has 0 aliphatic heterocycles. The van der Waals surface area contributed by atoms with Crippen LogP contribution in [0.15, 0.2) is 15.9 Å². The van der Waals surface area contributed by atoms with Gasteiger partial charge < -0.3 is 10.4 Å². The zero-order valence-corrected chi connectivity index (χ0v) is 12.7. The first-order valence-corrected chi connectivity index (χ1v) is 7.09. The lowest BCUT2D eigenvalue weighted by Crippen LogP contribution is -2.39. The van der Waals surface area contributed by atoms with Gasteiger partial charge in [-0.2, -0.15) is 0 Å². The Balaban J connectivity index is 2.36. The van der Waals surface area contributed by atoms with Crippen LogP contribution in [-0.2, 0) is 11.2 Å². The molecule has 0 bridgehead atoms. The van der Waals surface area contributed by atoms with E-state index in [4.69, 9.17) is 0 Å². The summed E-state index contributed by atoms with van der Waals surface area (Å²) in [4.78, 5) is 12.6. The van der Waals surface area contributed by atoms with E-state index in [1.807, 2.05) is 32.9 Å². The third kappa shape index (κ3) is 5.19. The van der Waals surface area contributed by atoms with E-state index in [0.29, 0.717) is 13.0 Å². The number of carbonyl (C=O) groups excluding carboxylic acids is 1. The van der Waals surface area contributed by atoms with Crippen molar-refractivity contribution >= 4 is 33.2 Å². The molecular formula is C12H18BrNO2S. The maximum atomic E-state index is 11.6. The average molecular weight is 320 g/mol. The third-order valence-corrected chi connectivity index (χ3v) is 4.08. The molecule has 0 spiro atoms. The molecule has 1 aromatic rings. The number of halogens is 1. The molecule has 1 heterocycles. The first-order valence-electron chi connectivity index (χ1n) is 5.48. The van der Waals surface area contributed by atoms with Crippen molar-refractivity contribution in [2.75, 3.05) is 6.54 Å². The summed E-state index contributed by atoms with van der Waals surface area (Å²) in [5.41, 5.74) is -0.209. The van der Waals surface area contributed by atoms with Gasteiger partial charge in [0, 0.05) is 11.4 Å². The van der Waals surface area contributed by atoms with Crippen LogP contribution in [-0.4, -0.2) is 23.7 Å². The predicted molar refractivity (Wildman–Crippen MR) is 74.2 cm³/mol. The minimum absolute atomic E-state index is 0.0531. The molecule has 0 radical (unpaired) electrons. The van der Waals surface area contributed by atoms with Gasteiger partial charge in [-0.3, -0.25) is 4.79 Å². The lowest BCUT2D eigenvalue weighted by atomic mass is 9.89. The highest BCUT2D eigenvalue weighted by molar-refractivity contribution is 9.11. The minimum Gasteiger partial charge on any atom is -0.391 e. The Labute approximate surface area is 114 Å². The van der Waals surface area contributed by atoms with Gasteiger partial charge in [0.2, 0.25) is 5.91 Å². The van der Waals surface area contributed by atoms with Gasteiger partial charge in [0.1, 0.15) is 0 Å². The summed E-state index contributed by atoms with van der Waals surface area (Å²) in [5, 5.41) is 12.5. The summed E-state index contributed by atoms with van der Waals surface area (Å²) in [5.74, 6) is -0.0531. The van der Waals surface area contributed by atoms with Gasteiger partial charge in [-0.05, 0) is 33.5 Å². The van der Waals surface area contributed by atoms with Gasteiger partial charge in [-0.15, -0.1) is 11.3 Å². The van der Waals surface area contributed by atoms with Crippen LogP contribution in [0, 0.1) is 5.41 Å². The molecule has 0 aliphatic carbocycles. The maximum Gasteiger partial charge on any atom is 0.225 e. The lowest BCUT2D eigenvalue weighted by molar-refractivity contribution is -0.121. The van der Waals surface area contributed by atoms with Gasteiger partial charge >= 0.3 is 0 Å². The molecular weight excluding hydrogens is 302 g/mol. The normalized spacial score (nSPS) is 13.5. The number of nitrogens with one attached hydrogen (secondary N) is 1. The number of carbonyl (C=O) groups is 1. The molecule has 1 unspecified atom stereocenters. The molecule has 1 atom stereocenters.